The highest BCUT2D eigenvalue weighted by molar-refractivity contribution is 9.10. The molecule has 1 aromatic rings. The number of benzene rings is 1. The molecule has 0 spiro atoms. The first-order chi connectivity index (χ1) is 9.83. The Hall–Kier alpha value is -0.700. The van der Waals surface area contributed by atoms with Crippen LogP contribution in [0.2, 0.25) is 0 Å². The fourth-order valence-electron chi connectivity index (χ4n) is 2.41. The molecule has 0 unspecified atom stereocenters. The molecule has 0 atom stereocenters. The van der Waals surface area contributed by atoms with E-state index in [1.54, 1.807) is 0 Å². The molecule has 0 amide bonds. The molecule has 0 saturated heterocycles. The third kappa shape index (κ3) is 3.94. The lowest BCUT2D eigenvalue weighted by Gasteiger charge is -2.26. The van der Waals surface area contributed by atoms with E-state index >= 15 is 0 Å². The number of methoxy groups -OCH3 is 1. The van der Waals surface area contributed by atoms with Crippen LogP contribution in [0.15, 0.2) is 21.5 Å². The number of aliphatic hydroxyl groups is 1. The molecule has 0 radical (unpaired) electrons. The second-order valence-corrected chi connectivity index (χ2v) is 7.64. The predicted octanol–water partition coefficient (Wildman–Crippen LogP) is 2.18. The van der Waals surface area contributed by atoms with Crippen LogP contribution in [0, 0.1) is 5.82 Å². The Balaban J connectivity index is 2.27. The highest BCUT2D eigenvalue weighted by atomic mass is 79.9. The topological polar surface area (TPSA) is 75.6 Å². The van der Waals surface area contributed by atoms with Gasteiger partial charge in [0.05, 0.1) is 13.2 Å². The number of halogens is 2. The second-order valence-electron chi connectivity index (χ2n) is 5.05. The minimum Gasteiger partial charge on any atom is -0.492 e. The van der Waals surface area contributed by atoms with E-state index in [0.717, 1.165) is 6.07 Å². The molecule has 21 heavy (non-hydrogen) atoms. The first-order valence-electron chi connectivity index (χ1n) is 6.57. The Kier molecular flexibility index (Phi) is 5.24. The van der Waals surface area contributed by atoms with Crippen molar-refractivity contribution in [3.05, 3.63) is 22.4 Å². The minimum absolute atomic E-state index is 0.233. The monoisotopic (exact) mass is 381 g/mol. The van der Waals surface area contributed by atoms with Crippen molar-refractivity contribution in [1.29, 1.82) is 0 Å². The molecule has 0 aromatic heterocycles. The summed E-state index contributed by atoms with van der Waals surface area (Å²) in [5.74, 6) is -1.05. The molecule has 1 saturated carbocycles. The van der Waals surface area contributed by atoms with Crippen molar-refractivity contribution in [2.45, 2.75) is 42.7 Å². The van der Waals surface area contributed by atoms with E-state index in [2.05, 4.69) is 20.7 Å². The maximum atomic E-state index is 13.8. The lowest BCUT2D eigenvalue weighted by atomic mass is 9.94. The molecule has 5 nitrogen and oxygen atoms in total. The van der Waals surface area contributed by atoms with E-state index in [-0.39, 0.29) is 22.8 Å². The molecule has 0 aliphatic heterocycles. The molecule has 1 aromatic carbocycles. The molecule has 2 N–H and O–H groups in total. The van der Waals surface area contributed by atoms with Crippen molar-refractivity contribution < 1.29 is 22.7 Å². The Morgan fingerprint density at radius 2 is 1.95 bits per heavy atom. The molecule has 0 bridgehead atoms. The molecule has 0 heterocycles. The molecule has 1 fully saturated rings. The van der Waals surface area contributed by atoms with Crippen LogP contribution in [0.25, 0.3) is 0 Å². The average molecular weight is 382 g/mol. The quantitative estimate of drug-likeness (QED) is 0.837. The number of rotatable bonds is 4. The third-order valence-electron chi connectivity index (χ3n) is 3.49. The van der Waals surface area contributed by atoms with Crippen LogP contribution in [0.3, 0.4) is 0 Å². The first kappa shape index (κ1) is 16.7. The summed E-state index contributed by atoms with van der Waals surface area (Å²) >= 11 is 3.08. The van der Waals surface area contributed by atoms with Crippen LogP contribution >= 0.6 is 15.9 Å². The first-order valence-corrected chi connectivity index (χ1v) is 8.84. The number of sulfonamides is 1. The number of aliphatic hydroxyl groups excluding tert-OH is 1. The molecule has 1 aliphatic rings. The second kappa shape index (κ2) is 6.60. The summed E-state index contributed by atoms with van der Waals surface area (Å²) in [6.07, 6.45) is 1.84. The molecular formula is C13H17BrFNO4S. The summed E-state index contributed by atoms with van der Waals surface area (Å²) in [5.41, 5.74) is 0. The summed E-state index contributed by atoms with van der Waals surface area (Å²) in [4.78, 5) is -0.233. The van der Waals surface area contributed by atoms with E-state index in [9.17, 15) is 17.9 Å². The van der Waals surface area contributed by atoms with Crippen LogP contribution in [0.1, 0.15) is 25.7 Å². The van der Waals surface area contributed by atoms with Gasteiger partial charge in [0.15, 0.2) is 11.6 Å². The van der Waals surface area contributed by atoms with Crippen LogP contribution in [0.4, 0.5) is 4.39 Å². The van der Waals surface area contributed by atoms with Gasteiger partial charge in [-0.05, 0) is 37.8 Å². The van der Waals surface area contributed by atoms with Gasteiger partial charge in [0.2, 0.25) is 10.0 Å². The van der Waals surface area contributed by atoms with E-state index in [1.165, 1.54) is 13.2 Å². The number of hydrogen-bond acceptors (Lipinski definition) is 4. The van der Waals surface area contributed by atoms with E-state index in [1.807, 2.05) is 0 Å². The highest BCUT2D eigenvalue weighted by Gasteiger charge is 2.28. The van der Waals surface area contributed by atoms with Gasteiger partial charge in [-0.15, -0.1) is 0 Å². The van der Waals surface area contributed by atoms with Gasteiger partial charge in [-0.25, -0.2) is 17.5 Å². The zero-order chi connectivity index (χ0) is 15.6. The van der Waals surface area contributed by atoms with Crippen LogP contribution in [-0.2, 0) is 10.0 Å². The Morgan fingerprint density at radius 3 is 2.52 bits per heavy atom. The van der Waals surface area contributed by atoms with Crippen molar-refractivity contribution >= 4 is 26.0 Å². The molecular weight excluding hydrogens is 365 g/mol. The van der Waals surface area contributed by atoms with Crippen molar-refractivity contribution in [2.75, 3.05) is 7.11 Å². The number of nitrogens with one attached hydrogen (secondary N) is 1. The lowest BCUT2D eigenvalue weighted by Crippen LogP contribution is -2.38. The molecule has 1 aliphatic carbocycles. The SMILES string of the molecule is COc1c(F)cc(Br)cc1S(=O)(=O)N[C@H]1CC[C@H](O)CC1. The van der Waals surface area contributed by atoms with E-state index in [4.69, 9.17) is 4.74 Å². The van der Waals surface area contributed by atoms with Gasteiger partial charge < -0.3 is 9.84 Å². The molecule has 8 heteroatoms. The summed E-state index contributed by atoms with van der Waals surface area (Å²) in [6, 6.07) is 2.20. The van der Waals surface area contributed by atoms with Crippen LogP contribution in [0.5, 0.6) is 5.75 Å². The minimum atomic E-state index is -3.89. The average Bonchev–Trinajstić information content (AvgIpc) is 2.40. The van der Waals surface area contributed by atoms with Gasteiger partial charge >= 0.3 is 0 Å². The lowest BCUT2D eigenvalue weighted by molar-refractivity contribution is 0.120. The van der Waals surface area contributed by atoms with Gasteiger partial charge in [0, 0.05) is 10.5 Å². The summed E-state index contributed by atoms with van der Waals surface area (Å²) in [6.45, 7) is 0. The van der Waals surface area contributed by atoms with Gasteiger partial charge in [-0.1, -0.05) is 15.9 Å². The van der Waals surface area contributed by atoms with Gasteiger partial charge in [0.25, 0.3) is 0 Å². The fourth-order valence-corrected chi connectivity index (χ4v) is 4.50. The van der Waals surface area contributed by atoms with E-state index in [0.29, 0.717) is 30.2 Å². The van der Waals surface area contributed by atoms with Crippen molar-refractivity contribution in [3.8, 4) is 5.75 Å². The third-order valence-corrected chi connectivity index (χ3v) is 5.47. The Labute approximate surface area is 131 Å². The summed E-state index contributed by atoms with van der Waals surface area (Å²) < 4.78 is 46.4. The van der Waals surface area contributed by atoms with Crippen molar-refractivity contribution in [2.24, 2.45) is 0 Å². The molecule has 118 valence electrons. The van der Waals surface area contributed by atoms with Crippen LogP contribution < -0.4 is 9.46 Å². The Morgan fingerprint density at radius 1 is 1.33 bits per heavy atom. The predicted molar refractivity (Wildman–Crippen MR) is 79.2 cm³/mol. The van der Waals surface area contributed by atoms with Gasteiger partial charge in [-0.2, -0.15) is 0 Å². The number of hydrogen-bond donors (Lipinski definition) is 2. The maximum Gasteiger partial charge on any atom is 0.244 e. The smallest absolute Gasteiger partial charge is 0.244 e. The zero-order valence-corrected chi connectivity index (χ0v) is 13.9. The standard InChI is InChI=1S/C13H17BrFNO4S/c1-20-13-11(15)6-8(14)7-12(13)21(18,19)16-9-2-4-10(17)5-3-9/h6-7,9-10,16-17H,2-5H2,1H3/t9-,10-. The van der Waals surface area contributed by atoms with E-state index < -0.39 is 15.8 Å². The van der Waals surface area contributed by atoms with Crippen LogP contribution in [-0.4, -0.2) is 32.8 Å². The summed E-state index contributed by atoms with van der Waals surface area (Å²) in [7, 11) is -2.67. The highest BCUT2D eigenvalue weighted by Crippen LogP contribution is 2.31. The normalized spacial score (nSPS) is 23.0. The van der Waals surface area contributed by atoms with Gasteiger partial charge in [0.1, 0.15) is 4.90 Å². The number of ether oxygens (including phenoxy) is 1. The Bertz CT molecular complexity index is 615. The fraction of sp³-hybridized carbons (Fsp3) is 0.538. The van der Waals surface area contributed by atoms with Crippen molar-refractivity contribution in [1.82, 2.24) is 4.72 Å². The van der Waals surface area contributed by atoms with Gasteiger partial charge in [-0.3, -0.25) is 0 Å². The largest absolute Gasteiger partial charge is 0.492 e. The van der Waals surface area contributed by atoms with Crippen molar-refractivity contribution in [3.63, 3.8) is 0 Å². The summed E-state index contributed by atoms with van der Waals surface area (Å²) in [5, 5.41) is 9.44. The molecule has 2 rings (SSSR count). The zero-order valence-electron chi connectivity index (χ0n) is 11.5. The maximum absolute atomic E-state index is 13.8.